The number of hydrogen-bond donors (Lipinski definition) is 0. The molecule has 0 N–H and O–H groups in total. The van der Waals surface area contributed by atoms with Crippen LogP contribution in [0.5, 0.6) is 0 Å². The van der Waals surface area contributed by atoms with Crippen LogP contribution in [-0.4, -0.2) is 10.9 Å². The van der Waals surface area contributed by atoms with Crippen molar-refractivity contribution in [2.75, 3.05) is 5.88 Å². The molecule has 4 heteroatoms. The van der Waals surface area contributed by atoms with E-state index in [0.717, 1.165) is 10.7 Å². The summed E-state index contributed by atoms with van der Waals surface area (Å²) in [6.45, 7) is 1.99. The molecule has 0 aliphatic carbocycles. The minimum atomic E-state index is 0. The van der Waals surface area contributed by atoms with Crippen LogP contribution >= 0.6 is 35.3 Å². The van der Waals surface area contributed by atoms with Crippen LogP contribution in [0.2, 0.25) is 0 Å². The molecule has 0 unspecified atom stereocenters. The second kappa shape index (κ2) is 5.58. The van der Waals surface area contributed by atoms with Crippen LogP contribution in [0.15, 0.2) is 11.5 Å². The van der Waals surface area contributed by atoms with E-state index in [-0.39, 0.29) is 12.4 Å². The molecule has 0 aliphatic rings. The molecular formula is C7H9Cl2NS. The molecule has 0 saturated carbocycles. The number of allylic oxidation sites excluding steroid dienone is 1. The molecule has 1 nitrogen and oxygen atoms in total. The first-order valence-electron chi connectivity index (χ1n) is 2.97. The lowest BCUT2D eigenvalue weighted by molar-refractivity contribution is 1.27. The summed E-state index contributed by atoms with van der Waals surface area (Å²) < 4.78 is 0. The molecule has 0 atom stereocenters. The molecule has 0 aliphatic heterocycles. The Labute approximate surface area is 81.5 Å². The summed E-state index contributed by atoms with van der Waals surface area (Å²) in [4.78, 5) is 4.22. The smallest absolute Gasteiger partial charge is 0.0901 e. The van der Waals surface area contributed by atoms with E-state index in [9.17, 15) is 0 Å². The zero-order chi connectivity index (χ0) is 7.40. The predicted octanol–water partition coefficient (Wildman–Crippen LogP) is 3.13. The molecule has 1 aromatic rings. The largest absolute Gasteiger partial charge is 0.242 e. The standard InChI is InChI=1S/C7H8ClNS.ClH/c1-6-9-7(5-10-6)3-2-4-8;/h2-3,5H,4H2,1H3;1H. The highest BCUT2D eigenvalue weighted by molar-refractivity contribution is 7.09. The number of aromatic nitrogens is 1. The van der Waals surface area contributed by atoms with Crippen LogP contribution in [0.25, 0.3) is 6.08 Å². The second-order valence-electron chi connectivity index (χ2n) is 1.85. The van der Waals surface area contributed by atoms with E-state index < -0.39 is 0 Å². The van der Waals surface area contributed by atoms with Crippen molar-refractivity contribution in [1.29, 1.82) is 0 Å². The van der Waals surface area contributed by atoms with E-state index in [1.54, 1.807) is 11.3 Å². The molecule has 0 saturated heterocycles. The van der Waals surface area contributed by atoms with Gasteiger partial charge in [0.05, 0.1) is 10.7 Å². The summed E-state index contributed by atoms with van der Waals surface area (Å²) in [7, 11) is 0. The molecule has 62 valence electrons. The van der Waals surface area contributed by atoms with Gasteiger partial charge in [0.1, 0.15) is 0 Å². The summed E-state index contributed by atoms with van der Waals surface area (Å²) in [5, 5.41) is 3.10. The van der Waals surface area contributed by atoms with Crippen LogP contribution in [0, 0.1) is 6.92 Å². The maximum Gasteiger partial charge on any atom is 0.0901 e. The average molecular weight is 210 g/mol. The van der Waals surface area contributed by atoms with Crippen molar-refractivity contribution < 1.29 is 0 Å². The summed E-state index contributed by atoms with van der Waals surface area (Å²) in [5.74, 6) is 0.552. The second-order valence-corrected chi connectivity index (χ2v) is 3.22. The highest BCUT2D eigenvalue weighted by Gasteiger charge is 1.90. The number of nitrogens with zero attached hydrogens (tertiary/aromatic N) is 1. The van der Waals surface area contributed by atoms with Gasteiger partial charge in [-0.15, -0.1) is 35.3 Å². The van der Waals surface area contributed by atoms with Crippen LogP contribution in [-0.2, 0) is 0 Å². The monoisotopic (exact) mass is 209 g/mol. The van der Waals surface area contributed by atoms with Gasteiger partial charge in [0.25, 0.3) is 0 Å². The lowest BCUT2D eigenvalue weighted by Gasteiger charge is -1.78. The molecule has 0 radical (unpaired) electrons. The number of rotatable bonds is 2. The van der Waals surface area contributed by atoms with Gasteiger partial charge in [-0.3, -0.25) is 0 Å². The van der Waals surface area contributed by atoms with Crippen LogP contribution in [0.4, 0.5) is 0 Å². The van der Waals surface area contributed by atoms with Crippen molar-refractivity contribution in [2.24, 2.45) is 0 Å². The van der Waals surface area contributed by atoms with E-state index in [1.807, 2.05) is 24.5 Å². The normalized spacial score (nSPS) is 10.0. The van der Waals surface area contributed by atoms with Gasteiger partial charge in [-0.05, 0) is 13.0 Å². The third-order valence-corrected chi connectivity index (χ3v) is 1.98. The molecule has 1 aromatic heterocycles. The quantitative estimate of drug-likeness (QED) is 0.683. The van der Waals surface area contributed by atoms with Crippen LogP contribution in [0.3, 0.4) is 0 Å². The zero-order valence-corrected chi connectivity index (χ0v) is 8.47. The third kappa shape index (κ3) is 3.75. The molecule has 0 bridgehead atoms. The lowest BCUT2D eigenvalue weighted by atomic mass is 10.4. The number of hydrogen-bond acceptors (Lipinski definition) is 2. The molecule has 1 rings (SSSR count). The van der Waals surface area contributed by atoms with Gasteiger partial charge in [-0.2, -0.15) is 0 Å². The number of thiazole rings is 1. The number of halogens is 2. The van der Waals surface area contributed by atoms with E-state index >= 15 is 0 Å². The summed E-state index contributed by atoms with van der Waals surface area (Å²) >= 11 is 7.10. The molecule has 1 heterocycles. The SMILES string of the molecule is Cc1nc(C=CCCl)cs1.Cl. The van der Waals surface area contributed by atoms with Gasteiger partial charge in [0.15, 0.2) is 0 Å². The molecule has 11 heavy (non-hydrogen) atoms. The molecule has 0 amide bonds. The minimum absolute atomic E-state index is 0. The maximum atomic E-state index is 5.45. The van der Waals surface area contributed by atoms with Gasteiger partial charge in [-0.25, -0.2) is 4.98 Å². The first kappa shape index (κ1) is 11.0. The predicted molar refractivity (Wildman–Crippen MR) is 53.9 cm³/mol. The Bertz CT molecular complexity index is 232. The van der Waals surface area contributed by atoms with E-state index in [2.05, 4.69) is 4.98 Å². The number of alkyl halides is 1. The summed E-state index contributed by atoms with van der Waals surface area (Å²) in [5.41, 5.74) is 1.00. The van der Waals surface area contributed by atoms with Crippen molar-refractivity contribution >= 4 is 41.4 Å². The Balaban J connectivity index is 0.000001000. The fraction of sp³-hybridized carbons (Fsp3) is 0.286. The Morgan fingerprint density at radius 2 is 2.45 bits per heavy atom. The summed E-state index contributed by atoms with van der Waals surface area (Å²) in [6, 6.07) is 0. The Hall–Kier alpha value is -0.0500. The van der Waals surface area contributed by atoms with Gasteiger partial charge in [0.2, 0.25) is 0 Å². The fourth-order valence-electron chi connectivity index (χ4n) is 0.622. The molecular weight excluding hydrogens is 201 g/mol. The van der Waals surface area contributed by atoms with Gasteiger partial charge < -0.3 is 0 Å². The molecule has 0 fully saturated rings. The van der Waals surface area contributed by atoms with E-state index in [1.165, 1.54) is 0 Å². The average Bonchev–Trinajstić information content (AvgIpc) is 2.31. The van der Waals surface area contributed by atoms with Crippen LogP contribution < -0.4 is 0 Å². The fourth-order valence-corrected chi connectivity index (χ4v) is 1.29. The van der Waals surface area contributed by atoms with Gasteiger partial charge in [-0.1, -0.05) is 6.08 Å². The minimum Gasteiger partial charge on any atom is -0.242 e. The van der Waals surface area contributed by atoms with Crippen molar-refractivity contribution in [2.45, 2.75) is 6.92 Å². The first-order valence-corrected chi connectivity index (χ1v) is 4.39. The van der Waals surface area contributed by atoms with E-state index in [0.29, 0.717) is 5.88 Å². The Morgan fingerprint density at radius 1 is 1.73 bits per heavy atom. The van der Waals surface area contributed by atoms with Crippen molar-refractivity contribution in [3.8, 4) is 0 Å². The number of aryl methyl sites for hydroxylation is 1. The van der Waals surface area contributed by atoms with Crippen molar-refractivity contribution in [3.05, 3.63) is 22.2 Å². The van der Waals surface area contributed by atoms with Crippen molar-refractivity contribution in [1.82, 2.24) is 4.98 Å². The van der Waals surface area contributed by atoms with E-state index in [4.69, 9.17) is 11.6 Å². The summed E-state index contributed by atoms with van der Waals surface area (Å²) in [6.07, 6.45) is 3.81. The van der Waals surface area contributed by atoms with Gasteiger partial charge in [0, 0.05) is 11.3 Å². The first-order chi connectivity index (χ1) is 4.83. The third-order valence-electron chi connectivity index (χ3n) is 1.01. The van der Waals surface area contributed by atoms with Gasteiger partial charge >= 0.3 is 0 Å². The Kier molecular flexibility index (Phi) is 5.56. The topological polar surface area (TPSA) is 12.9 Å². The molecule has 0 spiro atoms. The highest BCUT2D eigenvalue weighted by Crippen LogP contribution is 2.08. The van der Waals surface area contributed by atoms with Crippen molar-refractivity contribution in [3.63, 3.8) is 0 Å². The van der Waals surface area contributed by atoms with Crippen LogP contribution in [0.1, 0.15) is 10.7 Å². The zero-order valence-electron chi connectivity index (χ0n) is 6.08. The lowest BCUT2D eigenvalue weighted by Crippen LogP contribution is -1.70. The highest BCUT2D eigenvalue weighted by atomic mass is 35.5. The Morgan fingerprint density at radius 3 is 2.91 bits per heavy atom. The molecule has 0 aromatic carbocycles. The maximum absolute atomic E-state index is 5.45.